The number of amidine groups is 1. The fourth-order valence-corrected chi connectivity index (χ4v) is 1.86. The normalized spacial score (nSPS) is 10.2. The minimum Gasteiger partial charge on any atom is -0.497 e. The van der Waals surface area contributed by atoms with Crippen LogP contribution in [0.3, 0.4) is 0 Å². The third kappa shape index (κ3) is 4.21. The molecule has 21 heavy (non-hydrogen) atoms. The van der Waals surface area contributed by atoms with E-state index in [2.05, 4.69) is 0 Å². The van der Waals surface area contributed by atoms with E-state index in [9.17, 15) is 4.39 Å². The first-order valence-electron chi connectivity index (χ1n) is 6.45. The van der Waals surface area contributed by atoms with E-state index < -0.39 is 0 Å². The van der Waals surface area contributed by atoms with Crippen LogP contribution in [0.4, 0.5) is 4.39 Å². The molecule has 0 aliphatic heterocycles. The highest BCUT2D eigenvalue weighted by Gasteiger charge is 2.05. The highest BCUT2D eigenvalue weighted by molar-refractivity contribution is 5.79. The molecule has 2 aromatic carbocycles. The van der Waals surface area contributed by atoms with Crippen molar-refractivity contribution in [3.8, 4) is 11.5 Å². The van der Waals surface area contributed by atoms with Crippen LogP contribution in [-0.4, -0.2) is 12.9 Å². The summed E-state index contributed by atoms with van der Waals surface area (Å²) in [5.74, 6) is 0.869. The number of benzene rings is 2. The third-order valence-corrected chi connectivity index (χ3v) is 2.97. The van der Waals surface area contributed by atoms with Crippen LogP contribution in [0.15, 0.2) is 42.5 Å². The van der Waals surface area contributed by atoms with Gasteiger partial charge in [0, 0.05) is 18.1 Å². The van der Waals surface area contributed by atoms with Crippen molar-refractivity contribution in [1.82, 2.24) is 0 Å². The van der Waals surface area contributed by atoms with Gasteiger partial charge in [0.2, 0.25) is 0 Å². The Labute approximate surface area is 122 Å². The maximum Gasteiger partial charge on any atom is 0.133 e. The SMILES string of the molecule is COc1ccc(COc2ccc(CC(=N)N)cc2)c(F)c1. The first kappa shape index (κ1) is 14.8. The minimum absolute atomic E-state index is 0.115. The molecule has 0 aliphatic rings. The van der Waals surface area contributed by atoms with Gasteiger partial charge in [-0.05, 0) is 29.8 Å². The molecule has 0 saturated carbocycles. The zero-order chi connectivity index (χ0) is 15.2. The molecule has 0 heterocycles. The standard InChI is InChI=1S/C16H17FN2O2/c1-20-14-7-4-12(15(17)9-14)10-21-13-5-2-11(3-6-13)8-16(18)19/h2-7,9H,8,10H2,1H3,(H3,18,19). The molecule has 0 aliphatic carbocycles. The summed E-state index contributed by atoms with van der Waals surface area (Å²) in [4.78, 5) is 0. The van der Waals surface area contributed by atoms with Crippen LogP contribution in [-0.2, 0) is 13.0 Å². The molecule has 0 bridgehead atoms. The topological polar surface area (TPSA) is 68.3 Å². The lowest BCUT2D eigenvalue weighted by Crippen LogP contribution is -2.12. The van der Waals surface area contributed by atoms with E-state index in [1.165, 1.54) is 13.2 Å². The molecular formula is C16H17FN2O2. The maximum atomic E-state index is 13.7. The zero-order valence-corrected chi connectivity index (χ0v) is 11.7. The monoisotopic (exact) mass is 288 g/mol. The van der Waals surface area contributed by atoms with Gasteiger partial charge in [0.15, 0.2) is 0 Å². The molecule has 0 fully saturated rings. The van der Waals surface area contributed by atoms with Crippen LogP contribution < -0.4 is 15.2 Å². The first-order valence-corrected chi connectivity index (χ1v) is 6.45. The number of rotatable bonds is 6. The zero-order valence-electron chi connectivity index (χ0n) is 11.7. The summed E-state index contributed by atoms with van der Waals surface area (Å²) in [6.07, 6.45) is 0.410. The van der Waals surface area contributed by atoms with Crippen molar-refractivity contribution >= 4 is 5.84 Å². The predicted molar refractivity (Wildman–Crippen MR) is 79.3 cm³/mol. The van der Waals surface area contributed by atoms with Crippen LogP contribution in [0, 0.1) is 11.2 Å². The van der Waals surface area contributed by atoms with Gasteiger partial charge in [-0.2, -0.15) is 0 Å². The maximum absolute atomic E-state index is 13.7. The van der Waals surface area contributed by atoms with E-state index in [1.54, 1.807) is 24.3 Å². The Hall–Kier alpha value is -2.56. The smallest absolute Gasteiger partial charge is 0.133 e. The summed E-state index contributed by atoms with van der Waals surface area (Å²) >= 11 is 0. The lowest BCUT2D eigenvalue weighted by Gasteiger charge is -2.09. The van der Waals surface area contributed by atoms with E-state index in [4.69, 9.17) is 20.6 Å². The van der Waals surface area contributed by atoms with Gasteiger partial charge in [0.05, 0.1) is 12.9 Å². The molecule has 0 unspecified atom stereocenters. The lowest BCUT2D eigenvalue weighted by atomic mass is 10.1. The third-order valence-electron chi connectivity index (χ3n) is 2.97. The van der Waals surface area contributed by atoms with E-state index >= 15 is 0 Å². The molecule has 4 nitrogen and oxygen atoms in total. The molecule has 3 N–H and O–H groups in total. The van der Waals surface area contributed by atoms with Crippen molar-refractivity contribution < 1.29 is 13.9 Å². The summed E-state index contributed by atoms with van der Waals surface area (Å²) < 4.78 is 24.2. The molecule has 0 radical (unpaired) electrons. The van der Waals surface area contributed by atoms with E-state index in [0.717, 1.165) is 5.56 Å². The van der Waals surface area contributed by atoms with Gasteiger partial charge in [-0.25, -0.2) is 4.39 Å². The van der Waals surface area contributed by atoms with Crippen molar-refractivity contribution in [1.29, 1.82) is 5.41 Å². The van der Waals surface area contributed by atoms with E-state index in [0.29, 0.717) is 23.5 Å². The Morgan fingerprint density at radius 1 is 1.14 bits per heavy atom. The van der Waals surface area contributed by atoms with Crippen molar-refractivity contribution in [2.24, 2.45) is 5.73 Å². The Balaban J connectivity index is 1.98. The molecule has 2 rings (SSSR count). The number of halogens is 1. The predicted octanol–water partition coefficient (Wildman–Crippen LogP) is 2.89. The molecule has 2 aromatic rings. The molecule has 110 valence electrons. The average molecular weight is 288 g/mol. The number of nitrogens with one attached hydrogen (secondary N) is 1. The second kappa shape index (κ2) is 6.74. The fraction of sp³-hybridized carbons (Fsp3) is 0.188. The molecule has 0 atom stereocenters. The number of hydrogen-bond donors (Lipinski definition) is 2. The fourth-order valence-electron chi connectivity index (χ4n) is 1.86. The van der Waals surface area contributed by atoms with Crippen molar-refractivity contribution in [3.05, 3.63) is 59.4 Å². The number of hydrogen-bond acceptors (Lipinski definition) is 3. The van der Waals surface area contributed by atoms with Crippen LogP contribution in [0.25, 0.3) is 0 Å². The largest absolute Gasteiger partial charge is 0.497 e. The van der Waals surface area contributed by atoms with Gasteiger partial charge in [-0.15, -0.1) is 0 Å². The summed E-state index contributed by atoms with van der Waals surface area (Å²) in [7, 11) is 1.49. The molecule has 0 amide bonds. The average Bonchev–Trinajstić information content (AvgIpc) is 2.47. The quantitative estimate of drug-likeness (QED) is 0.634. The number of ether oxygens (including phenoxy) is 2. The van der Waals surface area contributed by atoms with Gasteiger partial charge >= 0.3 is 0 Å². The second-order valence-corrected chi connectivity index (χ2v) is 4.59. The van der Waals surface area contributed by atoms with E-state index in [-0.39, 0.29) is 18.3 Å². The van der Waals surface area contributed by atoms with Crippen molar-refractivity contribution in [2.75, 3.05) is 7.11 Å². The van der Waals surface area contributed by atoms with E-state index in [1.807, 2.05) is 12.1 Å². The van der Waals surface area contributed by atoms with Gasteiger partial charge in [0.25, 0.3) is 0 Å². The highest BCUT2D eigenvalue weighted by atomic mass is 19.1. The summed E-state index contributed by atoms with van der Waals surface area (Å²) in [5.41, 5.74) is 6.73. The molecular weight excluding hydrogens is 271 g/mol. The van der Waals surface area contributed by atoms with Crippen LogP contribution in [0.1, 0.15) is 11.1 Å². The minimum atomic E-state index is -0.359. The first-order chi connectivity index (χ1) is 10.1. The molecule has 0 saturated heterocycles. The van der Waals surface area contributed by atoms with Gasteiger partial charge in [-0.1, -0.05) is 12.1 Å². The van der Waals surface area contributed by atoms with Crippen LogP contribution in [0.5, 0.6) is 11.5 Å². The van der Waals surface area contributed by atoms with Crippen LogP contribution in [0.2, 0.25) is 0 Å². The molecule has 0 aromatic heterocycles. The lowest BCUT2D eigenvalue weighted by molar-refractivity contribution is 0.299. The van der Waals surface area contributed by atoms with Gasteiger partial charge < -0.3 is 15.2 Å². The van der Waals surface area contributed by atoms with Crippen molar-refractivity contribution in [2.45, 2.75) is 13.0 Å². The van der Waals surface area contributed by atoms with Gasteiger partial charge in [0.1, 0.15) is 23.9 Å². The molecule has 0 spiro atoms. The van der Waals surface area contributed by atoms with Crippen molar-refractivity contribution in [3.63, 3.8) is 0 Å². The molecule has 5 heteroatoms. The van der Waals surface area contributed by atoms with Gasteiger partial charge in [-0.3, -0.25) is 5.41 Å². The Morgan fingerprint density at radius 3 is 2.38 bits per heavy atom. The second-order valence-electron chi connectivity index (χ2n) is 4.59. The highest BCUT2D eigenvalue weighted by Crippen LogP contribution is 2.19. The Kier molecular flexibility index (Phi) is 4.77. The van der Waals surface area contributed by atoms with Crippen LogP contribution >= 0.6 is 0 Å². The number of methoxy groups -OCH3 is 1. The summed E-state index contributed by atoms with van der Waals surface area (Å²) in [5, 5.41) is 7.23. The Morgan fingerprint density at radius 2 is 1.81 bits per heavy atom. The number of nitrogens with two attached hydrogens (primary N) is 1. The summed E-state index contributed by atoms with van der Waals surface area (Å²) in [6, 6.07) is 11.9. The summed E-state index contributed by atoms with van der Waals surface area (Å²) in [6.45, 7) is 0.141. The Bertz CT molecular complexity index is 627.